The molecule has 2 heterocycles. The number of anilines is 1. The van der Waals surface area contributed by atoms with Gasteiger partial charge in [0.15, 0.2) is 0 Å². The summed E-state index contributed by atoms with van der Waals surface area (Å²) in [5, 5.41) is 3.45. The largest absolute Gasteiger partial charge is 0.344 e. The molecule has 8 nitrogen and oxygen atoms in total. The van der Waals surface area contributed by atoms with E-state index in [2.05, 4.69) is 10.7 Å². The van der Waals surface area contributed by atoms with Crippen molar-refractivity contribution in [3.63, 3.8) is 0 Å². The van der Waals surface area contributed by atoms with Gasteiger partial charge >= 0.3 is 6.03 Å². The van der Waals surface area contributed by atoms with Gasteiger partial charge in [-0.1, -0.05) is 37.3 Å². The van der Waals surface area contributed by atoms with E-state index in [9.17, 15) is 19.2 Å². The molecule has 2 aromatic rings. The molecule has 5 amide bonds. The van der Waals surface area contributed by atoms with Crippen molar-refractivity contribution in [2.24, 2.45) is 0 Å². The van der Waals surface area contributed by atoms with Gasteiger partial charge in [0.05, 0.1) is 0 Å². The van der Waals surface area contributed by atoms with Crippen LogP contribution >= 0.6 is 0 Å². The lowest BCUT2D eigenvalue weighted by molar-refractivity contribution is -0.133. The molecule has 0 aromatic heterocycles. The fraction of sp³-hybridized carbons (Fsp3) is 0.273. The van der Waals surface area contributed by atoms with Crippen LogP contribution in [0.15, 0.2) is 54.6 Å². The molecule has 0 spiro atoms. The highest BCUT2D eigenvalue weighted by Gasteiger charge is 2.52. The van der Waals surface area contributed by atoms with E-state index in [0.29, 0.717) is 24.9 Å². The standard InChI is InChI=1S/C22H22N4O4/c1-2-22(16-7-4-3-5-8-16)20(29)26(21(30)23-22)24-19(28)15-10-12-17(13-11-15)25-14-6-9-18(25)27/h3-5,7-8,10-13H,2,6,9,14H2,1H3,(H,23,30)(H,24,28)/t22-/m1/s1. The van der Waals surface area contributed by atoms with E-state index in [1.165, 1.54) is 0 Å². The van der Waals surface area contributed by atoms with Gasteiger partial charge in [0.25, 0.3) is 11.8 Å². The summed E-state index contributed by atoms with van der Waals surface area (Å²) in [4.78, 5) is 51.8. The highest BCUT2D eigenvalue weighted by molar-refractivity contribution is 6.09. The molecule has 0 radical (unpaired) electrons. The summed E-state index contributed by atoms with van der Waals surface area (Å²) in [6, 6.07) is 14.8. The molecular formula is C22H22N4O4. The Hall–Kier alpha value is -3.68. The number of urea groups is 1. The number of hydrazine groups is 1. The zero-order valence-corrected chi connectivity index (χ0v) is 16.6. The Balaban J connectivity index is 1.51. The Morgan fingerprint density at radius 2 is 1.77 bits per heavy atom. The topological polar surface area (TPSA) is 98.8 Å². The number of nitrogens with zero attached hydrogens (tertiary/aromatic N) is 2. The minimum Gasteiger partial charge on any atom is -0.318 e. The molecule has 2 aliphatic heterocycles. The number of benzene rings is 2. The van der Waals surface area contributed by atoms with Gasteiger partial charge in [-0.3, -0.25) is 19.8 Å². The second-order valence-electron chi connectivity index (χ2n) is 7.33. The molecule has 2 saturated heterocycles. The van der Waals surface area contributed by atoms with Crippen LogP contribution in [0.4, 0.5) is 10.5 Å². The Morgan fingerprint density at radius 3 is 2.37 bits per heavy atom. The molecule has 0 aliphatic carbocycles. The van der Waals surface area contributed by atoms with E-state index < -0.39 is 23.4 Å². The van der Waals surface area contributed by atoms with Crippen LogP contribution in [0.2, 0.25) is 0 Å². The highest BCUT2D eigenvalue weighted by Crippen LogP contribution is 2.31. The van der Waals surface area contributed by atoms with Crippen LogP contribution in [-0.2, 0) is 15.1 Å². The Kier molecular flexibility index (Phi) is 4.99. The van der Waals surface area contributed by atoms with Gasteiger partial charge in [-0.05, 0) is 42.7 Å². The van der Waals surface area contributed by atoms with Gasteiger partial charge in [0.2, 0.25) is 5.91 Å². The van der Waals surface area contributed by atoms with Crippen molar-refractivity contribution in [1.29, 1.82) is 0 Å². The van der Waals surface area contributed by atoms with Crippen molar-refractivity contribution >= 4 is 29.4 Å². The maximum Gasteiger partial charge on any atom is 0.344 e. The number of carbonyl (C=O) groups excluding carboxylic acids is 4. The normalized spacial score (nSPS) is 21.2. The van der Waals surface area contributed by atoms with Crippen LogP contribution in [0, 0.1) is 0 Å². The monoisotopic (exact) mass is 406 g/mol. The number of rotatable bonds is 5. The number of hydrogen-bond acceptors (Lipinski definition) is 4. The molecule has 0 unspecified atom stereocenters. The number of imide groups is 1. The van der Waals surface area contributed by atoms with Gasteiger partial charge in [-0.25, -0.2) is 4.79 Å². The molecule has 2 aliphatic rings. The maximum atomic E-state index is 13.1. The van der Waals surface area contributed by atoms with E-state index in [4.69, 9.17) is 0 Å². The molecule has 2 fully saturated rings. The third kappa shape index (κ3) is 3.20. The molecule has 30 heavy (non-hydrogen) atoms. The van der Waals surface area contributed by atoms with Crippen molar-refractivity contribution in [3.05, 3.63) is 65.7 Å². The number of hydrogen-bond donors (Lipinski definition) is 2. The first kappa shape index (κ1) is 19.6. The molecule has 0 saturated carbocycles. The van der Waals surface area contributed by atoms with E-state index in [0.717, 1.165) is 17.1 Å². The van der Waals surface area contributed by atoms with Crippen molar-refractivity contribution in [1.82, 2.24) is 15.8 Å². The van der Waals surface area contributed by atoms with Crippen molar-refractivity contribution in [2.75, 3.05) is 11.4 Å². The van der Waals surface area contributed by atoms with Crippen LogP contribution in [0.3, 0.4) is 0 Å². The summed E-state index contributed by atoms with van der Waals surface area (Å²) in [5.74, 6) is -1.06. The van der Waals surface area contributed by atoms with Crippen LogP contribution in [0.5, 0.6) is 0 Å². The molecule has 154 valence electrons. The van der Waals surface area contributed by atoms with Crippen molar-refractivity contribution in [3.8, 4) is 0 Å². The lowest BCUT2D eigenvalue weighted by Crippen LogP contribution is -2.48. The smallest absolute Gasteiger partial charge is 0.318 e. The highest BCUT2D eigenvalue weighted by atomic mass is 16.2. The van der Waals surface area contributed by atoms with E-state index in [-0.39, 0.29) is 11.5 Å². The fourth-order valence-electron chi connectivity index (χ4n) is 3.92. The van der Waals surface area contributed by atoms with Gasteiger partial charge < -0.3 is 10.2 Å². The van der Waals surface area contributed by atoms with Gasteiger partial charge in [0, 0.05) is 24.2 Å². The molecule has 4 rings (SSSR count). The molecule has 2 N–H and O–H groups in total. The minimum absolute atomic E-state index is 0.0587. The predicted molar refractivity (Wildman–Crippen MR) is 109 cm³/mol. The Bertz CT molecular complexity index is 1010. The quantitative estimate of drug-likeness (QED) is 0.745. The zero-order chi connectivity index (χ0) is 21.3. The van der Waals surface area contributed by atoms with Gasteiger partial charge in [-0.15, -0.1) is 0 Å². The van der Waals surface area contributed by atoms with Crippen LogP contribution < -0.4 is 15.6 Å². The fourth-order valence-corrected chi connectivity index (χ4v) is 3.92. The first-order valence-corrected chi connectivity index (χ1v) is 9.90. The third-order valence-electron chi connectivity index (χ3n) is 5.62. The average molecular weight is 406 g/mol. The maximum absolute atomic E-state index is 13.1. The lowest BCUT2D eigenvalue weighted by Gasteiger charge is -2.25. The van der Waals surface area contributed by atoms with Crippen LogP contribution in [0.1, 0.15) is 42.1 Å². The predicted octanol–water partition coefficient (Wildman–Crippen LogP) is 2.32. The first-order chi connectivity index (χ1) is 14.5. The molecule has 0 bridgehead atoms. The number of nitrogens with one attached hydrogen (secondary N) is 2. The second-order valence-corrected chi connectivity index (χ2v) is 7.33. The summed E-state index contributed by atoms with van der Waals surface area (Å²) in [6.45, 7) is 2.46. The summed E-state index contributed by atoms with van der Waals surface area (Å²) in [5.41, 5.74) is 2.84. The van der Waals surface area contributed by atoms with E-state index in [1.54, 1.807) is 60.4 Å². The zero-order valence-electron chi connectivity index (χ0n) is 16.6. The Labute approximate surface area is 173 Å². The summed E-state index contributed by atoms with van der Waals surface area (Å²) >= 11 is 0. The molecule has 2 aromatic carbocycles. The minimum atomic E-state index is -1.22. The second kappa shape index (κ2) is 7.62. The third-order valence-corrected chi connectivity index (χ3v) is 5.62. The average Bonchev–Trinajstić information content (AvgIpc) is 3.31. The summed E-state index contributed by atoms with van der Waals surface area (Å²) in [6.07, 6.45) is 1.68. The van der Waals surface area contributed by atoms with Gasteiger partial charge in [0.1, 0.15) is 5.54 Å². The first-order valence-electron chi connectivity index (χ1n) is 9.90. The van der Waals surface area contributed by atoms with Crippen molar-refractivity contribution < 1.29 is 19.2 Å². The van der Waals surface area contributed by atoms with E-state index in [1.807, 2.05) is 6.07 Å². The molecule has 1 atom stereocenters. The number of amides is 5. The summed E-state index contributed by atoms with van der Waals surface area (Å²) < 4.78 is 0. The number of carbonyl (C=O) groups is 4. The van der Waals surface area contributed by atoms with Crippen LogP contribution in [-0.4, -0.2) is 35.3 Å². The molecular weight excluding hydrogens is 384 g/mol. The SMILES string of the molecule is CC[C@]1(c2ccccc2)NC(=O)N(NC(=O)c2ccc(N3CCCC3=O)cc2)C1=O. The van der Waals surface area contributed by atoms with Crippen LogP contribution in [0.25, 0.3) is 0 Å². The Morgan fingerprint density at radius 1 is 1.07 bits per heavy atom. The van der Waals surface area contributed by atoms with E-state index >= 15 is 0 Å². The lowest BCUT2D eigenvalue weighted by atomic mass is 9.87. The molecule has 8 heteroatoms. The van der Waals surface area contributed by atoms with Gasteiger partial charge in [-0.2, -0.15) is 5.01 Å². The summed E-state index contributed by atoms with van der Waals surface area (Å²) in [7, 11) is 0. The van der Waals surface area contributed by atoms with Crippen molar-refractivity contribution in [2.45, 2.75) is 31.7 Å².